The fraction of sp³-hybridized carbons (Fsp3) is 0.222. The maximum absolute atomic E-state index is 12.7. The van der Waals surface area contributed by atoms with Crippen LogP contribution in [0.4, 0.5) is 22.3 Å². The number of para-hydroxylation sites is 2. The number of aromatic nitrogens is 3. The van der Waals surface area contributed by atoms with Gasteiger partial charge >= 0.3 is 0 Å². The van der Waals surface area contributed by atoms with Gasteiger partial charge in [0.05, 0.1) is 17.6 Å². The molecule has 138 valence electrons. The van der Waals surface area contributed by atoms with E-state index >= 15 is 0 Å². The van der Waals surface area contributed by atoms with E-state index in [1.807, 2.05) is 24.3 Å². The molecule has 0 unspecified atom stereocenters. The summed E-state index contributed by atoms with van der Waals surface area (Å²) in [6.45, 7) is 3.70. The monoisotopic (exact) mass is 381 g/mol. The summed E-state index contributed by atoms with van der Waals surface area (Å²) >= 11 is 1.35. The van der Waals surface area contributed by atoms with E-state index in [1.54, 1.807) is 24.0 Å². The highest BCUT2D eigenvalue weighted by Crippen LogP contribution is 2.27. The van der Waals surface area contributed by atoms with Crippen LogP contribution in [0.1, 0.15) is 10.5 Å². The van der Waals surface area contributed by atoms with Crippen LogP contribution in [0, 0.1) is 0 Å². The van der Waals surface area contributed by atoms with E-state index in [9.17, 15) is 4.79 Å². The van der Waals surface area contributed by atoms with Crippen molar-refractivity contribution in [3.05, 3.63) is 53.9 Å². The molecule has 0 radical (unpaired) electrons. The molecule has 1 aromatic carbocycles. The van der Waals surface area contributed by atoms with Crippen LogP contribution in [0.2, 0.25) is 0 Å². The topological polar surface area (TPSA) is 95.1 Å². The Balaban J connectivity index is 1.47. The first-order chi connectivity index (χ1) is 13.3. The summed E-state index contributed by atoms with van der Waals surface area (Å²) in [6.07, 6.45) is 4.79. The zero-order valence-electron chi connectivity index (χ0n) is 14.6. The van der Waals surface area contributed by atoms with Gasteiger partial charge in [0.1, 0.15) is 5.69 Å². The molecule has 4 rings (SSSR count). The van der Waals surface area contributed by atoms with E-state index in [0.717, 1.165) is 37.6 Å². The highest BCUT2D eigenvalue weighted by Gasteiger charge is 2.17. The minimum atomic E-state index is -0.235. The Hall–Kier alpha value is -3.04. The molecule has 2 aromatic heterocycles. The van der Waals surface area contributed by atoms with Gasteiger partial charge in [0.25, 0.3) is 5.91 Å². The lowest BCUT2D eigenvalue weighted by Gasteiger charge is -2.31. The van der Waals surface area contributed by atoms with Crippen molar-refractivity contribution in [3.8, 4) is 0 Å². The molecule has 1 aliphatic heterocycles. The first-order valence-electron chi connectivity index (χ1n) is 8.64. The van der Waals surface area contributed by atoms with Gasteiger partial charge in [-0.1, -0.05) is 12.1 Å². The van der Waals surface area contributed by atoms with Gasteiger partial charge in [-0.05, 0) is 12.1 Å². The standard InChI is InChI=1S/C18H19N7OS/c26-17(14-12-27-18(23-14)24-16-11-20-5-6-21-16)22-13-3-1-2-4-15(13)25-9-7-19-8-10-25/h1-6,11-12,19H,7-10H2,(H,22,26)(H,21,23,24). The van der Waals surface area contributed by atoms with Crippen molar-refractivity contribution in [1.82, 2.24) is 20.3 Å². The molecule has 3 aromatic rings. The van der Waals surface area contributed by atoms with E-state index in [4.69, 9.17) is 0 Å². The largest absolute Gasteiger partial charge is 0.367 e. The fourth-order valence-electron chi connectivity index (χ4n) is 2.86. The molecule has 27 heavy (non-hydrogen) atoms. The van der Waals surface area contributed by atoms with Gasteiger partial charge in [0.2, 0.25) is 0 Å². The first-order valence-corrected chi connectivity index (χ1v) is 9.52. The maximum atomic E-state index is 12.7. The second-order valence-electron chi connectivity index (χ2n) is 5.96. The van der Waals surface area contributed by atoms with Gasteiger partial charge in [0, 0.05) is 44.0 Å². The quantitative estimate of drug-likeness (QED) is 0.624. The summed E-state index contributed by atoms with van der Waals surface area (Å²) in [5.74, 6) is 0.351. The molecule has 1 aliphatic rings. The third kappa shape index (κ3) is 4.21. The van der Waals surface area contributed by atoms with E-state index < -0.39 is 0 Å². The lowest BCUT2D eigenvalue weighted by Crippen LogP contribution is -2.43. The van der Waals surface area contributed by atoms with Crippen molar-refractivity contribution < 1.29 is 4.79 Å². The Labute approximate surface area is 160 Å². The fourth-order valence-corrected chi connectivity index (χ4v) is 3.55. The second-order valence-corrected chi connectivity index (χ2v) is 6.82. The van der Waals surface area contributed by atoms with Crippen molar-refractivity contribution >= 4 is 39.6 Å². The summed E-state index contributed by atoms with van der Waals surface area (Å²) in [5.41, 5.74) is 2.18. The minimum Gasteiger partial charge on any atom is -0.367 e. The number of hydrogen-bond donors (Lipinski definition) is 3. The van der Waals surface area contributed by atoms with Crippen molar-refractivity contribution in [2.75, 3.05) is 41.7 Å². The molecule has 8 nitrogen and oxygen atoms in total. The molecule has 0 bridgehead atoms. The number of benzene rings is 1. The van der Waals surface area contributed by atoms with Crippen molar-refractivity contribution in [3.63, 3.8) is 0 Å². The van der Waals surface area contributed by atoms with Crippen molar-refractivity contribution in [1.29, 1.82) is 0 Å². The third-order valence-electron chi connectivity index (χ3n) is 4.14. The summed E-state index contributed by atoms with van der Waals surface area (Å²) in [5, 5.41) is 11.7. The van der Waals surface area contributed by atoms with Gasteiger partial charge in [-0.25, -0.2) is 9.97 Å². The molecule has 0 atom stereocenters. The Kier molecular flexibility index (Phi) is 5.22. The Morgan fingerprint density at radius 3 is 2.85 bits per heavy atom. The van der Waals surface area contributed by atoms with Crippen LogP contribution in [0.15, 0.2) is 48.2 Å². The maximum Gasteiger partial charge on any atom is 0.275 e. The molecule has 1 saturated heterocycles. The number of hydrogen-bond acceptors (Lipinski definition) is 8. The highest BCUT2D eigenvalue weighted by atomic mass is 32.1. The number of nitrogens with one attached hydrogen (secondary N) is 3. The van der Waals surface area contributed by atoms with Crippen LogP contribution in [0.5, 0.6) is 0 Å². The van der Waals surface area contributed by atoms with Gasteiger partial charge < -0.3 is 20.9 Å². The van der Waals surface area contributed by atoms with Crippen LogP contribution < -0.4 is 20.9 Å². The lowest BCUT2D eigenvalue weighted by molar-refractivity contribution is 0.102. The number of rotatable bonds is 5. The zero-order chi connectivity index (χ0) is 18.5. The third-order valence-corrected chi connectivity index (χ3v) is 4.90. The van der Waals surface area contributed by atoms with E-state index in [0.29, 0.717) is 16.6 Å². The Morgan fingerprint density at radius 1 is 1.19 bits per heavy atom. The first kappa shape index (κ1) is 17.4. The van der Waals surface area contributed by atoms with Crippen LogP contribution in [-0.2, 0) is 0 Å². The molecular formula is C18H19N7OS. The van der Waals surface area contributed by atoms with Crippen molar-refractivity contribution in [2.45, 2.75) is 0 Å². The molecular weight excluding hydrogens is 362 g/mol. The van der Waals surface area contributed by atoms with Gasteiger partial charge in [-0.2, -0.15) is 0 Å². The molecule has 3 N–H and O–H groups in total. The summed E-state index contributed by atoms with van der Waals surface area (Å²) in [6, 6.07) is 7.85. The number of amides is 1. The smallest absolute Gasteiger partial charge is 0.275 e. The molecule has 0 aliphatic carbocycles. The Morgan fingerprint density at radius 2 is 2.04 bits per heavy atom. The predicted molar refractivity (Wildman–Crippen MR) is 107 cm³/mol. The van der Waals surface area contributed by atoms with E-state index in [-0.39, 0.29) is 5.91 Å². The second kappa shape index (κ2) is 8.11. The molecule has 3 heterocycles. The molecule has 1 amide bonds. The average molecular weight is 381 g/mol. The number of anilines is 4. The van der Waals surface area contributed by atoms with Gasteiger partial charge in [-0.3, -0.25) is 9.78 Å². The minimum absolute atomic E-state index is 0.235. The van der Waals surface area contributed by atoms with Crippen LogP contribution >= 0.6 is 11.3 Å². The number of carbonyl (C=O) groups is 1. The zero-order valence-corrected chi connectivity index (χ0v) is 15.4. The lowest BCUT2D eigenvalue weighted by atomic mass is 10.2. The van der Waals surface area contributed by atoms with Gasteiger partial charge in [-0.15, -0.1) is 11.3 Å². The summed E-state index contributed by atoms with van der Waals surface area (Å²) < 4.78 is 0. The summed E-state index contributed by atoms with van der Waals surface area (Å²) in [7, 11) is 0. The highest BCUT2D eigenvalue weighted by molar-refractivity contribution is 7.14. The van der Waals surface area contributed by atoms with Crippen LogP contribution in [0.25, 0.3) is 0 Å². The number of piperazine rings is 1. The van der Waals surface area contributed by atoms with Crippen LogP contribution in [-0.4, -0.2) is 47.0 Å². The SMILES string of the molecule is O=C(Nc1ccccc1N1CCNCC1)c1csc(Nc2cnccn2)n1. The van der Waals surface area contributed by atoms with Crippen LogP contribution in [0.3, 0.4) is 0 Å². The van der Waals surface area contributed by atoms with E-state index in [2.05, 4.69) is 35.8 Å². The average Bonchev–Trinajstić information content (AvgIpc) is 3.18. The molecule has 0 spiro atoms. The summed E-state index contributed by atoms with van der Waals surface area (Å²) in [4.78, 5) is 27.4. The normalized spacial score (nSPS) is 14.0. The number of thiazole rings is 1. The predicted octanol–water partition coefficient (Wildman–Crippen LogP) is 2.34. The van der Waals surface area contributed by atoms with Crippen molar-refractivity contribution in [2.24, 2.45) is 0 Å². The Bertz CT molecular complexity index is 909. The molecule has 9 heteroatoms. The van der Waals surface area contributed by atoms with Gasteiger partial charge in [0.15, 0.2) is 10.9 Å². The number of carbonyl (C=O) groups excluding carboxylic acids is 1. The molecule has 0 saturated carbocycles. The molecule has 1 fully saturated rings. The number of nitrogens with zero attached hydrogens (tertiary/aromatic N) is 4. The van der Waals surface area contributed by atoms with E-state index in [1.165, 1.54) is 11.3 Å².